The van der Waals surface area contributed by atoms with Crippen molar-refractivity contribution in [2.75, 3.05) is 11.3 Å². The SMILES string of the molecule is O=S(=O)(NCC1CC1)Nc1ncnc(Cl)c1Br. The Bertz CT molecular complexity index is 520. The standard InChI is InChI=1S/C8H10BrClN4O2S/c9-6-7(10)11-4-12-8(6)14-17(15,16)13-3-5-1-2-5/h4-5,13H,1-3H2,(H,11,12,14). The van der Waals surface area contributed by atoms with E-state index >= 15 is 0 Å². The first-order valence-corrected chi connectivity index (χ1v) is 7.57. The largest absolute Gasteiger partial charge is 0.300 e. The van der Waals surface area contributed by atoms with E-state index in [2.05, 4.69) is 35.3 Å². The molecule has 17 heavy (non-hydrogen) atoms. The highest BCUT2D eigenvalue weighted by atomic mass is 79.9. The molecule has 9 heteroatoms. The monoisotopic (exact) mass is 340 g/mol. The van der Waals surface area contributed by atoms with E-state index in [0.717, 1.165) is 12.8 Å². The molecule has 0 atom stereocenters. The Morgan fingerprint density at radius 1 is 1.47 bits per heavy atom. The first-order chi connectivity index (χ1) is 7.98. The number of aromatic nitrogens is 2. The summed E-state index contributed by atoms with van der Waals surface area (Å²) in [6.45, 7) is 0.450. The lowest BCUT2D eigenvalue weighted by molar-refractivity contribution is 0.582. The molecular formula is C8H10BrClN4O2S. The van der Waals surface area contributed by atoms with Crippen LogP contribution in [0.15, 0.2) is 10.8 Å². The Balaban J connectivity index is 2.05. The number of nitrogens with one attached hydrogen (secondary N) is 2. The van der Waals surface area contributed by atoms with Crippen LogP contribution in [-0.2, 0) is 10.2 Å². The summed E-state index contributed by atoms with van der Waals surface area (Å²) in [5.74, 6) is 0.581. The van der Waals surface area contributed by atoms with Crippen LogP contribution in [0.2, 0.25) is 5.15 Å². The summed E-state index contributed by atoms with van der Waals surface area (Å²) in [4.78, 5) is 7.50. The predicted molar refractivity (Wildman–Crippen MR) is 68.0 cm³/mol. The van der Waals surface area contributed by atoms with E-state index < -0.39 is 10.2 Å². The van der Waals surface area contributed by atoms with Crippen molar-refractivity contribution in [2.45, 2.75) is 12.8 Å². The molecule has 1 fully saturated rings. The Morgan fingerprint density at radius 3 is 2.82 bits per heavy atom. The van der Waals surface area contributed by atoms with Crippen LogP contribution in [0.1, 0.15) is 12.8 Å². The Labute approximate surface area is 112 Å². The molecule has 0 aromatic carbocycles. The van der Waals surface area contributed by atoms with Crippen LogP contribution in [0, 0.1) is 5.92 Å². The number of nitrogens with zero attached hydrogens (tertiary/aromatic N) is 2. The minimum atomic E-state index is -3.61. The maximum Gasteiger partial charge on any atom is 0.300 e. The topological polar surface area (TPSA) is 84.0 Å². The summed E-state index contributed by atoms with van der Waals surface area (Å²) in [7, 11) is -3.61. The van der Waals surface area contributed by atoms with Crippen molar-refractivity contribution in [3.8, 4) is 0 Å². The maximum absolute atomic E-state index is 11.6. The smallest absolute Gasteiger partial charge is 0.254 e. The fourth-order valence-corrected chi connectivity index (χ4v) is 2.64. The molecular weight excluding hydrogens is 332 g/mol. The molecule has 6 nitrogen and oxygen atoms in total. The third-order valence-corrected chi connectivity index (χ3v) is 4.51. The van der Waals surface area contributed by atoms with E-state index in [1.807, 2.05) is 0 Å². The molecule has 0 spiro atoms. The van der Waals surface area contributed by atoms with Crippen molar-refractivity contribution in [1.82, 2.24) is 14.7 Å². The molecule has 0 aliphatic heterocycles. The summed E-state index contributed by atoms with van der Waals surface area (Å²) in [5, 5.41) is 0.153. The Morgan fingerprint density at radius 2 is 2.18 bits per heavy atom. The lowest BCUT2D eigenvalue weighted by Crippen LogP contribution is -2.32. The second kappa shape index (κ2) is 5.05. The second-order valence-corrected chi connectivity index (χ2v) is 6.38. The normalized spacial score (nSPS) is 15.9. The minimum absolute atomic E-state index is 0.119. The van der Waals surface area contributed by atoms with Gasteiger partial charge in [0.15, 0.2) is 5.82 Å². The Kier molecular flexibility index (Phi) is 3.86. The zero-order valence-electron chi connectivity index (χ0n) is 8.65. The zero-order valence-corrected chi connectivity index (χ0v) is 11.8. The minimum Gasteiger partial charge on any atom is -0.254 e. The van der Waals surface area contributed by atoms with E-state index in [-0.39, 0.29) is 11.0 Å². The molecule has 0 saturated heterocycles. The molecule has 1 aromatic heterocycles. The molecule has 2 rings (SSSR count). The van der Waals surface area contributed by atoms with Gasteiger partial charge in [-0.3, -0.25) is 4.72 Å². The molecule has 1 aromatic rings. The molecule has 1 saturated carbocycles. The molecule has 0 bridgehead atoms. The summed E-state index contributed by atoms with van der Waals surface area (Å²) >= 11 is 8.84. The van der Waals surface area contributed by atoms with Gasteiger partial charge in [-0.2, -0.15) is 13.1 Å². The van der Waals surface area contributed by atoms with E-state index in [1.165, 1.54) is 6.33 Å². The lowest BCUT2D eigenvalue weighted by atomic mass is 10.4. The van der Waals surface area contributed by atoms with Crippen LogP contribution < -0.4 is 9.44 Å². The lowest BCUT2D eigenvalue weighted by Gasteiger charge is -2.09. The number of rotatable bonds is 5. The molecule has 1 aliphatic carbocycles. The fraction of sp³-hybridized carbons (Fsp3) is 0.500. The van der Waals surface area contributed by atoms with Gasteiger partial charge < -0.3 is 0 Å². The molecule has 2 N–H and O–H groups in total. The Hall–Kier alpha value is -0.440. The highest BCUT2D eigenvalue weighted by Crippen LogP contribution is 2.28. The highest BCUT2D eigenvalue weighted by Gasteiger charge is 2.24. The van der Waals surface area contributed by atoms with Gasteiger partial charge in [0, 0.05) is 6.54 Å². The van der Waals surface area contributed by atoms with Crippen LogP contribution in [0.3, 0.4) is 0 Å². The van der Waals surface area contributed by atoms with Gasteiger partial charge in [-0.25, -0.2) is 9.97 Å². The molecule has 0 amide bonds. The second-order valence-electron chi connectivity index (χ2n) is 3.72. The maximum atomic E-state index is 11.6. The van der Waals surface area contributed by atoms with E-state index in [1.54, 1.807) is 0 Å². The molecule has 0 unspecified atom stereocenters. The third-order valence-electron chi connectivity index (χ3n) is 2.24. The van der Waals surface area contributed by atoms with E-state index in [0.29, 0.717) is 16.9 Å². The van der Waals surface area contributed by atoms with Crippen molar-refractivity contribution in [2.24, 2.45) is 5.92 Å². The quantitative estimate of drug-likeness (QED) is 0.796. The predicted octanol–water partition coefficient (Wildman–Crippen LogP) is 1.55. The van der Waals surface area contributed by atoms with Crippen molar-refractivity contribution < 1.29 is 8.42 Å². The summed E-state index contributed by atoms with van der Waals surface area (Å²) in [6, 6.07) is 0. The number of hydrogen-bond donors (Lipinski definition) is 2. The van der Waals surface area contributed by atoms with Gasteiger partial charge in [0.1, 0.15) is 11.5 Å². The van der Waals surface area contributed by atoms with E-state index in [9.17, 15) is 8.42 Å². The first kappa shape index (κ1) is 13.0. The number of anilines is 1. The molecule has 0 radical (unpaired) electrons. The van der Waals surface area contributed by atoms with Gasteiger partial charge >= 0.3 is 0 Å². The third kappa shape index (κ3) is 3.77. The van der Waals surface area contributed by atoms with E-state index in [4.69, 9.17) is 11.6 Å². The fourth-order valence-electron chi connectivity index (χ4n) is 1.13. The molecule has 94 valence electrons. The highest BCUT2D eigenvalue weighted by molar-refractivity contribution is 9.10. The van der Waals surface area contributed by atoms with Crippen LogP contribution in [0.4, 0.5) is 5.82 Å². The molecule has 1 aliphatic rings. The summed E-state index contributed by atoms with van der Waals surface area (Å²) in [5.41, 5.74) is 0. The van der Waals surface area contributed by atoms with Gasteiger partial charge in [0.25, 0.3) is 10.2 Å². The van der Waals surface area contributed by atoms with Crippen LogP contribution in [0.25, 0.3) is 0 Å². The average molecular weight is 342 g/mol. The van der Waals surface area contributed by atoms with Gasteiger partial charge in [0.2, 0.25) is 0 Å². The van der Waals surface area contributed by atoms with Gasteiger partial charge in [-0.1, -0.05) is 11.6 Å². The van der Waals surface area contributed by atoms with Gasteiger partial charge in [-0.15, -0.1) is 0 Å². The zero-order chi connectivity index (χ0) is 12.5. The molecule has 1 heterocycles. The number of hydrogen-bond acceptors (Lipinski definition) is 4. The van der Waals surface area contributed by atoms with Gasteiger partial charge in [-0.05, 0) is 34.7 Å². The summed E-state index contributed by atoms with van der Waals surface area (Å²) in [6.07, 6.45) is 3.34. The van der Waals surface area contributed by atoms with Crippen molar-refractivity contribution in [3.05, 3.63) is 16.0 Å². The number of halogens is 2. The van der Waals surface area contributed by atoms with Gasteiger partial charge in [0.05, 0.1) is 4.47 Å². The first-order valence-electron chi connectivity index (χ1n) is 4.91. The van der Waals surface area contributed by atoms with Crippen molar-refractivity contribution >= 4 is 43.6 Å². The van der Waals surface area contributed by atoms with Crippen molar-refractivity contribution in [1.29, 1.82) is 0 Å². The van der Waals surface area contributed by atoms with Crippen LogP contribution >= 0.6 is 27.5 Å². The summed E-state index contributed by atoms with van der Waals surface area (Å²) < 4.78 is 28.4. The van der Waals surface area contributed by atoms with Crippen molar-refractivity contribution in [3.63, 3.8) is 0 Å². The van der Waals surface area contributed by atoms with Crippen LogP contribution in [-0.4, -0.2) is 24.9 Å². The average Bonchev–Trinajstić information content (AvgIpc) is 3.06. The van der Waals surface area contributed by atoms with Crippen LogP contribution in [0.5, 0.6) is 0 Å².